The zero-order chi connectivity index (χ0) is 11.2. The molecule has 1 aliphatic carbocycles. The molecule has 0 fully saturated rings. The Morgan fingerprint density at radius 1 is 1.00 bits per heavy atom. The molecule has 82 valence electrons. The molecule has 0 atom stereocenters. The lowest BCUT2D eigenvalue weighted by Crippen LogP contribution is -1.97. The second-order valence-corrected chi connectivity index (χ2v) is 4.07. The van der Waals surface area contributed by atoms with Crippen LogP contribution in [0.15, 0.2) is 48.1 Å². The van der Waals surface area contributed by atoms with Gasteiger partial charge in [-0.3, -0.25) is 4.79 Å². The van der Waals surface area contributed by atoms with Crippen molar-refractivity contribution < 1.29 is 4.79 Å². The van der Waals surface area contributed by atoms with E-state index >= 15 is 0 Å². The summed E-state index contributed by atoms with van der Waals surface area (Å²) < 4.78 is 0. The molecule has 0 saturated carbocycles. The fourth-order valence-electron chi connectivity index (χ4n) is 1.86. The lowest BCUT2D eigenvalue weighted by atomic mass is 10.1. The Kier molecular flexibility index (Phi) is 3.71. The molecule has 0 spiro atoms. The van der Waals surface area contributed by atoms with Crippen molar-refractivity contribution in [1.29, 1.82) is 0 Å². The molecule has 16 heavy (non-hydrogen) atoms. The minimum Gasteiger partial charge on any atom is -0.294 e. The number of carbonyl (C=O) groups is 1. The molecule has 0 saturated heterocycles. The summed E-state index contributed by atoms with van der Waals surface area (Å²) in [6, 6.07) is 10.1. The standard InChI is InChI=1S/C15H16O/c16-15-10-6-2-5-9-14(15)12-11-13-7-3-1-4-8-13/h1,3-4,7-9,11-12H,2,5-6,10H2/b12-11+. The Morgan fingerprint density at radius 2 is 1.81 bits per heavy atom. The summed E-state index contributed by atoms with van der Waals surface area (Å²) in [6.07, 6.45) is 9.91. The van der Waals surface area contributed by atoms with Gasteiger partial charge in [0.2, 0.25) is 0 Å². The van der Waals surface area contributed by atoms with E-state index in [-0.39, 0.29) is 5.78 Å². The maximum Gasteiger partial charge on any atom is 0.162 e. The van der Waals surface area contributed by atoms with Crippen LogP contribution in [-0.4, -0.2) is 5.78 Å². The summed E-state index contributed by atoms with van der Waals surface area (Å²) in [4.78, 5) is 11.7. The van der Waals surface area contributed by atoms with Crippen LogP contribution in [0.4, 0.5) is 0 Å². The Hall–Kier alpha value is -1.63. The molecule has 0 N–H and O–H groups in total. The molecule has 0 amide bonds. The Morgan fingerprint density at radius 3 is 2.62 bits per heavy atom. The Bertz CT molecular complexity index is 412. The van der Waals surface area contributed by atoms with Gasteiger partial charge in [0.15, 0.2) is 5.78 Å². The summed E-state index contributed by atoms with van der Waals surface area (Å²) in [6.45, 7) is 0. The first-order valence-electron chi connectivity index (χ1n) is 5.83. The number of ketones is 1. The first-order chi connectivity index (χ1) is 7.86. The van der Waals surface area contributed by atoms with Crippen LogP contribution in [0.3, 0.4) is 0 Å². The van der Waals surface area contributed by atoms with Crippen LogP contribution in [-0.2, 0) is 4.79 Å². The predicted octanol–water partition coefficient (Wildman–Crippen LogP) is 3.77. The minimum atomic E-state index is 0.282. The maximum atomic E-state index is 11.7. The number of rotatable bonds is 2. The van der Waals surface area contributed by atoms with Crippen LogP contribution < -0.4 is 0 Å². The molecule has 0 radical (unpaired) electrons. The lowest BCUT2D eigenvalue weighted by Gasteiger charge is -1.97. The van der Waals surface area contributed by atoms with Crippen molar-refractivity contribution in [2.45, 2.75) is 25.7 Å². The summed E-state index contributed by atoms with van der Waals surface area (Å²) >= 11 is 0. The van der Waals surface area contributed by atoms with E-state index in [0.717, 1.165) is 30.4 Å². The van der Waals surface area contributed by atoms with Crippen molar-refractivity contribution >= 4 is 11.9 Å². The lowest BCUT2D eigenvalue weighted by molar-refractivity contribution is -0.115. The number of allylic oxidation sites excluding steroid dienone is 3. The first-order valence-corrected chi connectivity index (χ1v) is 5.83. The number of carbonyl (C=O) groups excluding carboxylic acids is 1. The van der Waals surface area contributed by atoms with Gasteiger partial charge in [-0.05, 0) is 24.8 Å². The molecule has 1 aromatic carbocycles. The zero-order valence-electron chi connectivity index (χ0n) is 9.36. The van der Waals surface area contributed by atoms with Crippen molar-refractivity contribution in [3.63, 3.8) is 0 Å². The number of Topliss-reactive ketones (excluding diaryl/α,β-unsaturated/α-hetero) is 1. The Balaban J connectivity index is 2.11. The van der Waals surface area contributed by atoms with Gasteiger partial charge in [-0.25, -0.2) is 0 Å². The van der Waals surface area contributed by atoms with E-state index in [0.29, 0.717) is 6.42 Å². The summed E-state index contributed by atoms with van der Waals surface area (Å²) in [7, 11) is 0. The van der Waals surface area contributed by atoms with Crippen molar-refractivity contribution in [3.05, 3.63) is 53.6 Å². The van der Waals surface area contributed by atoms with Gasteiger partial charge in [0.05, 0.1) is 0 Å². The molecule has 1 heteroatoms. The average molecular weight is 212 g/mol. The number of hydrogen-bond donors (Lipinski definition) is 0. The average Bonchev–Trinajstić information content (AvgIpc) is 2.53. The van der Waals surface area contributed by atoms with Crippen molar-refractivity contribution in [3.8, 4) is 0 Å². The second kappa shape index (κ2) is 5.45. The van der Waals surface area contributed by atoms with Gasteiger partial charge in [0.25, 0.3) is 0 Å². The maximum absolute atomic E-state index is 11.7. The molecule has 1 aliphatic rings. The van der Waals surface area contributed by atoms with Gasteiger partial charge in [-0.1, -0.05) is 48.6 Å². The SMILES string of the molecule is O=C1CCCCC=C1/C=C/c1ccccc1. The van der Waals surface area contributed by atoms with Crippen LogP contribution in [0.25, 0.3) is 6.08 Å². The van der Waals surface area contributed by atoms with E-state index < -0.39 is 0 Å². The van der Waals surface area contributed by atoms with E-state index in [2.05, 4.69) is 6.08 Å². The van der Waals surface area contributed by atoms with Gasteiger partial charge in [0, 0.05) is 12.0 Å². The van der Waals surface area contributed by atoms with Crippen LogP contribution in [0.5, 0.6) is 0 Å². The Labute approximate surface area is 96.5 Å². The van der Waals surface area contributed by atoms with Gasteiger partial charge >= 0.3 is 0 Å². The third-order valence-corrected chi connectivity index (χ3v) is 2.80. The van der Waals surface area contributed by atoms with E-state index in [1.54, 1.807) is 0 Å². The van der Waals surface area contributed by atoms with Gasteiger partial charge in [0.1, 0.15) is 0 Å². The summed E-state index contributed by atoms with van der Waals surface area (Å²) in [5, 5.41) is 0. The van der Waals surface area contributed by atoms with E-state index in [1.807, 2.05) is 42.5 Å². The first kappa shape index (κ1) is 10.9. The molecule has 2 rings (SSSR count). The quantitative estimate of drug-likeness (QED) is 0.729. The van der Waals surface area contributed by atoms with E-state index in [4.69, 9.17) is 0 Å². The van der Waals surface area contributed by atoms with Gasteiger partial charge < -0.3 is 0 Å². The topological polar surface area (TPSA) is 17.1 Å². The monoisotopic (exact) mass is 212 g/mol. The van der Waals surface area contributed by atoms with Crippen LogP contribution in [0.1, 0.15) is 31.2 Å². The van der Waals surface area contributed by atoms with E-state index in [1.165, 1.54) is 0 Å². The molecule has 0 bridgehead atoms. The molecule has 1 nitrogen and oxygen atoms in total. The molecule has 0 aromatic heterocycles. The third-order valence-electron chi connectivity index (χ3n) is 2.80. The number of hydrogen-bond acceptors (Lipinski definition) is 1. The normalized spacial score (nSPS) is 17.2. The van der Waals surface area contributed by atoms with Crippen LogP contribution in [0.2, 0.25) is 0 Å². The molecule has 0 unspecified atom stereocenters. The highest BCUT2D eigenvalue weighted by molar-refractivity contribution is 5.99. The molecule has 0 heterocycles. The molecular weight excluding hydrogens is 196 g/mol. The molecular formula is C15H16O. The number of benzene rings is 1. The highest BCUT2D eigenvalue weighted by Gasteiger charge is 2.08. The summed E-state index contributed by atoms with van der Waals surface area (Å²) in [5.41, 5.74) is 2.02. The highest BCUT2D eigenvalue weighted by atomic mass is 16.1. The zero-order valence-corrected chi connectivity index (χ0v) is 9.36. The highest BCUT2D eigenvalue weighted by Crippen LogP contribution is 2.16. The largest absolute Gasteiger partial charge is 0.294 e. The smallest absolute Gasteiger partial charge is 0.162 e. The second-order valence-electron chi connectivity index (χ2n) is 4.07. The van der Waals surface area contributed by atoms with Crippen molar-refractivity contribution in [2.75, 3.05) is 0 Å². The fourth-order valence-corrected chi connectivity index (χ4v) is 1.86. The van der Waals surface area contributed by atoms with Gasteiger partial charge in [-0.15, -0.1) is 0 Å². The molecule has 1 aromatic rings. The van der Waals surface area contributed by atoms with Crippen LogP contribution >= 0.6 is 0 Å². The van der Waals surface area contributed by atoms with Gasteiger partial charge in [-0.2, -0.15) is 0 Å². The minimum absolute atomic E-state index is 0.282. The predicted molar refractivity (Wildman–Crippen MR) is 67.0 cm³/mol. The van der Waals surface area contributed by atoms with Crippen molar-refractivity contribution in [2.24, 2.45) is 0 Å². The van der Waals surface area contributed by atoms with E-state index in [9.17, 15) is 4.79 Å². The summed E-state index contributed by atoms with van der Waals surface area (Å²) in [5.74, 6) is 0.282. The fraction of sp³-hybridized carbons (Fsp3) is 0.267. The van der Waals surface area contributed by atoms with Crippen molar-refractivity contribution in [1.82, 2.24) is 0 Å². The third kappa shape index (κ3) is 2.93. The van der Waals surface area contributed by atoms with Crippen LogP contribution in [0, 0.1) is 0 Å². The molecule has 0 aliphatic heterocycles.